The summed E-state index contributed by atoms with van der Waals surface area (Å²) < 4.78 is 0. The van der Waals surface area contributed by atoms with E-state index in [1.807, 2.05) is 0 Å². The van der Waals surface area contributed by atoms with Crippen LogP contribution in [0.2, 0.25) is 0 Å². The minimum absolute atomic E-state index is 1.32. The summed E-state index contributed by atoms with van der Waals surface area (Å²) in [6, 6.07) is 32.2. The first-order chi connectivity index (χ1) is 18.3. The predicted octanol–water partition coefficient (Wildman–Crippen LogP) is 10.5. The van der Waals surface area contributed by atoms with Crippen LogP contribution in [0.15, 0.2) is 84.9 Å². The van der Waals surface area contributed by atoms with E-state index in [0.717, 1.165) is 0 Å². The Balaban J connectivity index is 1.82. The zero-order chi connectivity index (χ0) is 26.3. The fourth-order valence-electron chi connectivity index (χ4n) is 7.41. The Labute approximate surface area is 224 Å². The van der Waals surface area contributed by atoms with E-state index < -0.39 is 0 Å². The molecule has 38 heavy (non-hydrogen) atoms. The Morgan fingerprint density at radius 1 is 0.316 bits per heavy atom. The molecule has 0 spiro atoms. The fraction of sp³-hybridized carbons (Fsp3) is 0.158. The van der Waals surface area contributed by atoms with Gasteiger partial charge in [-0.2, -0.15) is 0 Å². The first-order valence-electron chi connectivity index (χ1n) is 13.6. The predicted molar refractivity (Wildman–Crippen MR) is 165 cm³/mol. The van der Waals surface area contributed by atoms with Gasteiger partial charge in [-0.05, 0) is 129 Å². The molecule has 0 aliphatic heterocycles. The van der Waals surface area contributed by atoms with Crippen LogP contribution in [0.4, 0.5) is 0 Å². The fourth-order valence-corrected chi connectivity index (χ4v) is 7.41. The van der Waals surface area contributed by atoms with Crippen LogP contribution in [0.5, 0.6) is 0 Å². The molecule has 0 N–H and O–H groups in total. The normalized spacial score (nSPS) is 11.9. The second-order valence-electron chi connectivity index (χ2n) is 11.3. The SMILES string of the molecule is Cc1cc(C)c(-c2c3cccc4c(-c5c(C)cc(C)cc5C)c5ccccc5c5cccc2c5=c34)c(C)c1. The van der Waals surface area contributed by atoms with Gasteiger partial charge in [-0.25, -0.2) is 0 Å². The van der Waals surface area contributed by atoms with Gasteiger partial charge in [-0.3, -0.25) is 0 Å². The molecular weight excluding hydrogens is 456 g/mol. The lowest BCUT2D eigenvalue weighted by Crippen LogP contribution is -1.92. The Hall–Kier alpha value is -4.16. The van der Waals surface area contributed by atoms with Crippen molar-refractivity contribution in [3.05, 3.63) is 129 Å². The minimum atomic E-state index is 1.32. The monoisotopic (exact) mass is 488 g/mol. The summed E-state index contributed by atoms with van der Waals surface area (Å²) >= 11 is 0. The zero-order valence-corrected chi connectivity index (χ0v) is 23.1. The van der Waals surface area contributed by atoms with Gasteiger partial charge >= 0.3 is 0 Å². The lowest BCUT2D eigenvalue weighted by molar-refractivity contribution is 1.33. The van der Waals surface area contributed by atoms with Crippen molar-refractivity contribution in [2.24, 2.45) is 0 Å². The van der Waals surface area contributed by atoms with Gasteiger partial charge in [0.2, 0.25) is 0 Å². The summed E-state index contributed by atoms with van der Waals surface area (Å²) in [6.45, 7) is 13.5. The molecule has 5 aromatic rings. The topological polar surface area (TPSA) is 0 Å². The number of benzene rings is 5. The second-order valence-corrected chi connectivity index (χ2v) is 11.3. The average molecular weight is 489 g/mol. The number of hydrogen-bond acceptors (Lipinski definition) is 0. The van der Waals surface area contributed by atoms with Crippen LogP contribution in [0.3, 0.4) is 0 Å². The molecule has 0 bridgehead atoms. The van der Waals surface area contributed by atoms with E-state index in [0.29, 0.717) is 0 Å². The van der Waals surface area contributed by atoms with Crippen LogP contribution < -0.4 is 0 Å². The Bertz CT molecular complexity index is 2080. The minimum Gasteiger partial charge on any atom is -0.0616 e. The highest BCUT2D eigenvalue weighted by Gasteiger charge is 2.22. The third-order valence-electron chi connectivity index (χ3n) is 8.53. The van der Waals surface area contributed by atoms with Crippen LogP contribution in [-0.4, -0.2) is 0 Å². The molecule has 5 aromatic carbocycles. The molecule has 0 saturated carbocycles. The molecule has 0 radical (unpaired) electrons. The molecular formula is C38H32. The smallest absolute Gasteiger partial charge is 0.00134 e. The third-order valence-corrected chi connectivity index (χ3v) is 8.53. The Morgan fingerprint density at radius 3 is 1.13 bits per heavy atom. The molecule has 0 atom stereocenters. The molecule has 7 rings (SSSR count). The van der Waals surface area contributed by atoms with Gasteiger partial charge in [-0.15, -0.1) is 0 Å². The van der Waals surface area contributed by atoms with E-state index >= 15 is 0 Å². The quantitative estimate of drug-likeness (QED) is 0.227. The van der Waals surface area contributed by atoms with Crippen molar-refractivity contribution < 1.29 is 0 Å². The van der Waals surface area contributed by atoms with Gasteiger partial charge in [0.05, 0.1) is 0 Å². The summed E-state index contributed by atoms with van der Waals surface area (Å²) in [7, 11) is 0. The van der Waals surface area contributed by atoms with Gasteiger partial charge in [-0.1, -0.05) is 96.1 Å². The lowest BCUT2D eigenvalue weighted by atomic mass is 9.88. The number of hydrogen-bond donors (Lipinski definition) is 0. The number of rotatable bonds is 2. The summed E-state index contributed by atoms with van der Waals surface area (Å²) in [5, 5.41) is 10.8. The summed E-state index contributed by atoms with van der Waals surface area (Å²) in [5.41, 5.74) is 13.5. The van der Waals surface area contributed by atoms with Crippen molar-refractivity contribution in [2.75, 3.05) is 0 Å². The van der Waals surface area contributed by atoms with E-state index in [2.05, 4.69) is 126 Å². The molecule has 0 heterocycles. The highest BCUT2D eigenvalue weighted by atomic mass is 14.2. The van der Waals surface area contributed by atoms with Gasteiger partial charge in [0.15, 0.2) is 0 Å². The molecule has 0 unspecified atom stereocenters. The summed E-state index contributed by atoms with van der Waals surface area (Å²) in [5.74, 6) is 0. The van der Waals surface area contributed by atoms with Crippen LogP contribution in [0, 0.1) is 52.0 Å². The summed E-state index contributed by atoms with van der Waals surface area (Å²) in [4.78, 5) is 0. The van der Waals surface area contributed by atoms with Gasteiger partial charge < -0.3 is 0 Å². The molecule has 2 aliphatic carbocycles. The molecule has 2 aliphatic rings. The molecule has 0 saturated heterocycles. The number of aryl methyl sites for hydroxylation is 6. The van der Waals surface area contributed by atoms with E-state index in [9.17, 15) is 0 Å². The van der Waals surface area contributed by atoms with Crippen molar-refractivity contribution in [3.63, 3.8) is 0 Å². The van der Waals surface area contributed by atoms with Crippen molar-refractivity contribution in [2.45, 2.75) is 41.5 Å². The maximum absolute atomic E-state index is 2.35. The molecule has 0 nitrogen and oxygen atoms in total. The molecule has 0 amide bonds. The average Bonchev–Trinajstić information content (AvgIpc) is 3.14. The maximum atomic E-state index is 2.35. The van der Waals surface area contributed by atoms with Crippen LogP contribution in [0.1, 0.15) is 33.4 Å². The van der Waals surface area contributed by atoms with Crippen LogP contribution in [-0.2, 0) is 0 Å². The second kappa shape index (κ2) is 8.17. The van der Waals surface area contributed by atoms with Crippen LogP contribution in [0.25, 0.3) is 54.6 Å². The van der Waals surface area contributed by atoms with Crippen molar-refractivity contribution in [1.82, 2.24) is 0 Å². The first-order valence-corrected chi connectivity index (χ1v) is 13.6. The third kappa shape index (κ3) is 3.10. The van der Waals surface area contributed by atoms with Gasteiger partial charge in [0.1, 0.15) is 0 Å². The van der Waals surface area contributed by atoms with Crippen molar-refractivity contribution in [1.29, 1.82) is 0 Å². The van der Waals surface area contributed by atoms with Crippen molar-refractivity contribution >= 4 is 32.3 Å². The zero-order valence-electron chi connectivity index (χ0n) is 23.1. The van der Waals surface area contributed by atoms with E-state index in [-0.39, 0.29) is 0 Å². The van der Waals surface area contributed by atoms with Crippen LogP contribution >= 0.6 is 0 Å². The molecule has 0 fully saturated rings. The number of fused-ring (bicyclic) bond motifs is 2. The van der Waals surface area contributed by atoms with Gasteiger partial charge in [0.25, 0.3) is 0 Å². The molecule has 0 heteroatoms. The lowest BCUT2D eigenvalue weighted by Gasteiger charge is -2.16. The highest BCUT2D eigenvalue weighted by Crippen LogP contribution is 2.46. The standard InChI is InChI=1S/C38H32/c1-21-17-23(3)33(24(4)18-21)35-28-12-8-7-11-27(28)29-13-9-14-31-36(29)38-30(35)15-10-16-32(38)37(31)34-25(5)19-22(2)20-26(34)6/h7-20H,1-6H3. The van der Waals surface area contributed by atoms with E-state index in [4.69, 9.17) is 0 Å². The maximum Gasteiger partial charge on any atom is -0.00134 e. The molecule has 184 valence electrons. The highest BCUT2D eigenvalue weighted by molar-refractivity contribution is 6.16. The van der Waals surface area contributed by atoms with E-state index in [1.165, 1.54) is 98.4 Å². The largest absolute Gasteiger partial charge is 0.0616 e. The Morgan fingerprint density at radius 2 is 0.658 bits per heavy atom. The van der Waals surface area contributed by atoms with Gasteiger partial charge in [0, 0.05) is 0 Å². The van der Waals surface area contributed by atoms with Crippen molar-refractivity contribution in [3.8, 4) is 22.3 Å². The summed E-state index contributed by atoms with van der Waals surface area (Å²) in [6.07, 6.45) is 0. The Kier molecular flexibility index (Phi) is 4.94. The first kappa shape index (κ1) is 23.0. The molecule has 0 aromatic heterocycles. The van der Waals surface area contributed by atoms with E-state index in [1.54, 1.807) is 0 Å².